The Bertz CT molecular complexity index is 194. The van der Waals surface area contributed by atoms with Gasteiger partial charge in [0, 0.05) is 47.0 Å². The second-order valence-electron chi connectivity index (χ2n) is 3.83. The molecule has 0 aliphatic heterocycles. The van der Waals surface area contributed by atoms with Crippen molar-refractivity contribution in [3.63, 3.8) is 0 Å². The van der Waals surface area contributed by atoms with Crippen molar-refractivity contribution in [2.45, 2.75) is 6.42 Å². The number of thiocarbonyl (C=S) groups is 1. The van der Waals surface area contributed by atoms with Gasteiger partial charge in [0.2, 0.25) is 0 Å². The van der Waals surface area contributed by atoms with E-state index in [0.29, 0.717) is 5.11 Å². The molecule has 0 unspecified atom stereocenters. The molecule has 0 aromatic heterocycles. The van der Waals surface area contributed by atoms with E-state index in [2.05, 4.69) is 22.6 Å². The number of ether oxygens (including phenoxy) is 2. The minimum Gasteiger partial charge on any atom is -0.385 e. The molecule has 0 radical (unpaired) electrons. The third-order valence-corrected chi connectivity index (χ3v) is 2.56. The van der Waals surface area contributed by atoms with Crippen LogP contribution in [-0.4, -0.2) is 70.7 Å². The Labute approximate surface area is 110 Å². The van der Waals surface area contributed by atoms with Crippen molar-refractivity contribution in [3.05, 3.63) is 0 Å². The van der Waals surface area contributed by atoms with Crippen LogP contribution in [0.25, 0.3) is 0 Å². The van der Waals surface area contributed by atoms with Crippen molar-refractivity contribution in [3.8, 4) is 0 Å². The Morgan fingerprint density at radius 3 is 2.35 bits per heavy atom. The van der Waals surface area contributed by atoms with Gasteiger partial charge < -0.3 is 25.0 Å². The third kappa shape index (κ3) is 11.8. The highest BCUT2D eigenvalue weighted by atomic mass is 32.1. The molecule has 0 bridgehead atoms. The van der Waals surface area contributed by atoms with Crippen molar-refractivity contribution in [1.29, 1.82) is 0 Å². The molecule has 2 N–H and O–H groups in total. The monoisotopic (exact) mass is 263 g/mol. The van der Waals surface area contributed by atoms with Gasteiger partial charge in [0.05, 0.1) is 6.61 Å². The van der Waals surface area contributed by atoms with Crippen molar-refractivity contribution in [2.24, 2.45) is 0 Å². The molecule has 0 fully saturated rings. The molecule has 0 saturated heterocycles. The maximum Gasteiger partial charge on any atom is 0.166 e. The van der Waals surface area contributed by atoms with E-state index in [1.807, 2.05) is 0 Å². The smallest absolute Gasteiger partial charge is 0.166 e. The van der Waals surface area contributed by atoms with Gasteiger partial charge in [-0.25, -0.2) is 0 Å². The summed E-state index contributed by atoms with van der Waals surface area (Å²) in [6.45, 7) is 5.09. The zero-order chi connectivity index (χ0) is 12.9. The molecule has 0 amide bonds. The topological polar surface area (TPSA) is 45.8 Å². The number of likely N-dealkylation sites (N-methyl/N-ethyl adjacent to an activating group) is 1. The summed E-state index contributed by atoms with van der Waals surface area (Å²) < 4.78 is 9.96. The number of nitrogens with one attached hydrogen (secondary N) is 2. The highest BCUT2D eigenvalue weighted by Gasteiger charge is 1.98. The molecule has 0 aliphatic carbocycles. The van der Waals surface area contributed by atoms with E-state index in [1.165, 1.54) is 0 Å². The van der Waals surface area contributed by atoms with Crippen molar-refractivity contribution in [2.75, 3.05) is 60.7 Å². The molecule has 5 nitrogen and oxygen atoms in total. The van der Waals surface area contributed by atoms with Crippen LogP contribution in [0.4, 0.5) is 0 Å². The lowest BCUT2D eigenvalue weighted by Gasteiger charge is -2.17. The Kier molecular flexibility index (Phi) is 11.7. The molecule has 0 aliphatic rings. The summed E-state index contributed by atoms with van der Waals surface area (Å²) in [5.74, 6) is 0. The number of hydrogen-bond acceptors (Lipinski definition) is 4. The predicted molar refractivity (Wildman–Crippen MR) is 74.5 cm³/mol. The number of nitrogens with zero attached hydrogens (tertiary/aromatic N) is 1. The molecule has 6 heteroatoms. The average molecular weight is 263 g/mol. The van der Waals surface area contributed by atoms with Crippen LogP contribution in [-0.2, 0) is 9.47 Å². The van der Waals surface area contributed by atoms with Crippen LogP contribution in [0.15, 0.2) is 0 Å². The summed E-state index contributed by atoms with van der Waals surface area (Å²) in [7, 11) is 5.48. The van der Waals surface area contributed by atoms with Gasteiger partial charge >= 0.3 is 0 Å². The fraction of sp³-hybridized carbons (Fsp3) is 0.909. The standard InChI is InChI=1S/C11H25N3O2S/c1-14(8-10-16-3)7-6-13-11(17)12-5-4-9-15-2/h4-10H2,1-3H3,(H2,12,13,17). The predicted octanol–water partition coefficient (Wildman–Crippen LogP) is 0.0652. The van der Waals surface area contributed by atoms with Gasteiger partial charge in [-0.1, -0.05) is 0 Å². The normalized spacial score (nSPS) is 10.6. The van der Waals surface area contributed by atoms with Crippen LogP contribution in [0.3, 0.4) is 0 Å². The average Bonchev–Trinajstić information content (AvgIpc) is 2.32. The number of hydrogen-bond donors (Lipinski definition) is 2. The van der Waals surface area contributed by atoms with Crippen LogP contribution in [0.1, 0.15) is 6.42 Å². The Balaban J connectivity index is 3.31. The van der Waals surface area contributed by atoms with Gasteiger partial charge in [0.15, 0.2) is 5.11 Å². The Hall–Kier alpha value is -0.430. The van der Waals surface area contributed by atoms with Crippen LogP contribution in [0.2, 0.25) is 0 Å². The quantitative estimate of drug-likeness (QED) is 0.429. The van der Waals surface area contributed by atoms with Gasteiger partial charge in [0.1, 0.15) is 0 Å². The van der Waals surface area contributed by atoms with Crippen molar-refractivity contribution in [1.82, 2.24) is 15.5 Å². The minimum absolute atomic E-state index is 0.709. The summed E-state index contributed by atoms with van der Waals surface area (Å²) in [4.78, 5) is 2.20. The van der Waals surface area contributed by atoms with E-state index in [1.54, 1.807) is 14.2 Å². The Morgan fingerprint density at radius 1 is 1.06 bits per heavy atom. The first-order chi connectivity index (χ1) is 8.20. The molecule has 0 spiro atoms. The van der Waals surface area contributed by atoms with E-state index < -0.39 is 0 Å². The molecular weight excluding hydrogens is 238 g/mol. The van der Waals surface area contributed by atoms with Gasteiger partial charge in [-0.2, -0.15) is 0 Å². The molecule has 0 heterocycles. The summed E-state index contributed by atoms with van der Waals surface area (Å²) in [6.07, 6.45) is 0.964. The van der Waals surface area contributed by atoms with Crippen molar-refractivity contribution >= 4 is 17.3 Å². The third-order valence-electron chi connectivity index (χ3n) is 2.27. The highest BCUT2D eigenvalue weighted by molar-refractivity contribution is 7.80. The SMILES string of the molecule is COCCCNC(=S)NCCN(C)CCOC. The maximum atomic E-state index is 5.14. The Morgan fingerprint density at radius 2 is 1.71 bits per heavy atom. The molecule has 0 aromatic rings. The second-order valence-corrected chi connectivity index (χ2v) is 4.23. The largest absolute Gasteiger partial charge is 0.385 e. The molecule has 102 valence electrons. The molecular formula is C11H25N3O2S. The number of rotatable bonds is 10. The first-order valence-electron chi connectivity index (χ1n) is 5.88. The van der Waals surface area contributed by atoms with Crippen molar-refractivity contribution < 1.29 is 9.47 Å². The van der Waals surface area contributed by atoms with Crippen LogP contribution >= 0.6 is 12.2 Å². The lowest BCUT2D eigenvalue weighted by Crippen LogP contribution is -2.40. The van der Waals surface area contributed by atoms with E-state index in [-0.39, 0.29) is 0 Å². The zero-order valence-electron chi connectivity index (χ0n) is 11.1. The van der Waals surface area contributed by atoms with Gasteiger partial charge in [-0.05, 0) is 25.7 Å². The van der Waals surface area contributed by atoms with Crippen LogP contribution < -0.4 is 10.6 Å². The maximum absolute atomic E-state index is 5.14. The minimum atomic E-state index is 0.709. The molecule has 0 aromatic carbocycles. The first-order valence-corrected chi connectivity index (χ1v) is 6.29. The molecule has 17 heavy (non-hydrogen) atoms. The van der Waals surface area contributed by atoms with E-state index in [4.69, 9.17) is 21.7 Å². The molecule has 0 rings (SSSR count). The summed E-state index contributed by atoms with van der Waals surface area (Å²) in [5.41, 5.74) is 0. The second kappa shape index (κ2) is 12.0. The van der Waals surface area contributed by atoms with E-state index in [9.17, 15) is 0 Å². The van der Waals surface area contributed by atoms with Crippen LogP contribution in [0, 0.1) is 0 Å². The van der Waals surface area contributed by atoms with E-state index in [0.717, 1.165) is 45.8 Å². The fourth-order valence-corrected chi connectivity index (χ4v) is 1.40. The van der Waals surface area contributed by atoms with Crippen LogP contribution in [0.5, 0.6) is 0 Å². The molecule has 0 saturated carbocycles. The summed E-state index contributed by atoms with van der Waals surface area (Å²) >= 11 is 5.14. The van der Waals surface area contributed by atoms with Gasteiger partial charge in [0.25, 0.3) is 0 Å². The summed E-state index contributed by atoms with van der Waals surface area (Å²) in [5, 5.41) is 7.00. The zero-order valence-corrected chi connectivity index (χ0v) is 11.9. The lowest BCUT2D eigenvalue weighted by atomic mass is 10.4. The highest BCUT2D eigenvalue weighted by Crippen LogP contribution is 1.81. The molecule has 0 atom stereocenters. The first kappa shape index (κ1) is 16.6. The van der Waals surface area contributed by atoms with Gasteiger partial charge in [-0.3, -0.25) is 0 Å². The summed E-state index contributed by atoms with van der Waals surface area (Å²) in [6, 6.07) is 0. The van der Waals surface area contributed by atoms with E-state index >= 15 is 0 Å². The fourth-order valence-electron chi connectivity index (χ4n) is 1.20. The van der Waals surface area contributed by atoms with Gasteiger partial charge in [-0.15, -0.1) is 0 Å². The lowest BCUT2D eigenvalue weighted by molar-refractivity contribution is 0.162. The number of methoxy groups -OCH3 is 2.